The molecule has 2 heterocycles. The van der Waals surface area contributed by atoms with Gasteiger partial charge in [0.2, 0.25) is 0 Å². The minimum absolute atomic E-state index is 1.34. The van der Waals surface area contributed by atoms with Gasteiger partial charge in [-0.3, -0.25) is 0 Å². The molecule has 0 saturated heterocycles. The monoisotopic (exact) mass is 396 g/mol. The molecule has 6 rings (SSSR count). The van der Waals surface area contributed by atoms with Crippen molar-refractivity contribution in [2.75, 3.05) is 0 Å². The van der Waals surface area contributed by atoms with Crippen molar-refractivity contribution in [2.24, 2.45) is 0 Å². The van der Waals surface area contributed by atoms with E-state index in [0.29, 0.717) is 0 Å². The van der Waals surface area contributed by atoms with Gasteiger partial charge in [0.1, 0.15) is 0 Å². The molecule has 0 amide bonds. The van der Waals surface area contributed by atoms with Crippen LogP contribution < -0.4 is 0 Å². The van der Waals surface area contributed by atoms with E-state index < -0.39 is 0 Å². The van der Waals surface area contributed by atoms with Crippen LogP contribution in [0.4, 0.5) is 0 Å². The largest absolute Gasteiger partial charge is 0.135 e. The Balaban J connectivity index is 0.000000122. The Morgan fingerprint density at radius 1 is 0.500 bits per heavy atom. The first-order chi connectivity index (χ1) is 13.7. The molecule has 2 heteroatoms. The first kappa shape index (κ1) is 17.4. The van der Waals surface area contributed by atoms with Gasteiger partial charge in [0.05, 0.1) is 0 Å². The summed E-state index contributed by atoms with van der Waals surface area (Å²) in [5.41, 5.74) is 2.72. The normalized spacial score (nSPS) is 11.2. The van der Waals surface area contributed by atoms with Crippen LogP contribution in [0.15, 0.2) is 84.9 Å². The molecule has 0 saturated carbocycles. The van der Waals surface area contributed by atoms with E-state index in [0.717, 1.165) is 0 Å². The summed E-state index contributed by atoms with van der Waals surface area (Å²) in [4.78, 5) is 0. The topological polar surface area (TPSA) is 0 Å². The summed E-state index contributed by atoms with van der Waals surface area (Å²) in [5, 5.41) is 5.55. The molecule has 28 heavy (non-hydrogen) atoms. The maximum atomic E-state index is 2.26. The standard InChI is InChI=1S/2C13H10S/c1-9-5-4-7-11-10-6-2-3-8-12(10)14-13(9)11;1-9-6-7-11-10-4-2-3-5-12(10)14-13(11)8-9/h2*2-8H,1H3. The van der Waals surface area contributed by atoms with Crippen LogP contribution in [0.1, 0.15) is 11.1 Å². The van der Waals surface area contributed by atoms with Crippen LogP contribution in [0, 0.1) is 13.8 Å². The average molecular weight is 397 g/mol. The van der Waals surface area contributed by atoms with Gasteiger partial charge in [-0.1, -0.05) is 66.7 Å². The number of benzene rings is 4. The van der Waals surface area contributed by atoms with Crippen LogP contribution in [0.2, 0.25) is 0 Å². The highest BCUT2D eigenvalue weighted by molar-refractivity contribution is 7.26. The van der Waals surface area contributed by atoms with Crippen molar-refractivity contribution in [1.82, 2.24) is 0 Å². The maximum absolute atomic E-state index is 2.26. The quantitative estimate of drug-likeness (QED) is 0.241. The molecule has 0 unspecified atom stereocenters. The molecule has 6 aromatic rings. The molecule has 0 aliphatic heterocycles. The molecule has 0 radical (unpaired) electrons. The van der Waals surface area contributed by atoms with Gasteiger partial charge in [0, 0.05) is 40.3 Å². The van der Waals surface area contributed by atoms with Crippen LogP contribution in [0.5, 0.6) is 0 Å². The Hall–Kier alpha value is -2.68. The third-order valence-corrected chi connectivity index (χ3v) is 7.59. The zero-order valence-electron chi connectivity index (χ0n) is 15.9. The number of hydrogen-bond donors (Lipinski definition) is 0. The predicted octanol–water partition coefficient (Wildman–Crippen LogP) is 8.73. The minimum atomic E-state index is 1.34. The Kier molecular flexibility index (Phi) is 4.38. The lowest BCUT2D eigenvalue weighted by atomic mass is 10.1. The number of aryl methyl sites for hydroxylation is 2. The van der Waals surface area contributed by atoms with Crippen molar-refractivity contribution in [1.29, 1.82) is 0 Å². The van der Waals surface area contributed by atoms with Gasteiger partial charge in [-0.2, -0.15) is 0 Å². The van der Waals surface area contributed by atoms with Crippen molar-refractivity contribution < 1.29 is 0 Å². The smallest absolute Gasteiger partial charge is 0.0384 e. The Bertz CT molecular complexity index is 1430. The van der Waals surface area contributed by atoms with Crippen molar-refractivity contribution in [3.8, 4) is 0 Å². The van der Waals surface area contributed by atoms with Crippen LogP contribution in [0.25, 0.3) is 40.3 Å². The van der Waals surface area contributed by atoms with Crippen LogP contribution >= 0.6 is 22.7 Å². The Labute approximate surface area is 172 Å². The van der Waals surface area contributed by atoms with Gasteiger partial charge in [-0.25, -0.2) is 0 Å². The van der Waals surface area contributed by atoms with Crippen molar-refractivity contribution in [3.63, 3.8) is 0 Å². The fourth-order valence-corrected chi connectivity index (χ4v) is 6.10. The summed E-state index contributed by atoms with van der Waals surface area (Å²) in [5.74, 6) is 0. The van der Waals surface area contributed by atoms with E-state index in [4.69, 9.17) is 0 Å². The molecule has 136 valence electrons. The number of fused-ring (bicyclic) bond motifs is 6. The molecule has 0 fully saturated rings. The second-order valence-corrected chi connectivity index (χ2v) is 9.28. The molecular weight excluding hydrogens is 376 g/mol. The highest BCUT2D eigenvalue weighted by atomic mass is 32.1. The summed E-state index contributed by atoms with van der Waals surface area (Å²) in [6.07, 6.45) is 0. The van der Waals surface area contributed by atoms with E-state index in [-0.39, 0.29) is 0 Å². The second kappa shape index (κ2) is 7.05. The van der Waals surface area contributed by atoms with Crippen LogP contribution in [-0.4, -0.2) is 0 Å². The molecule has 0 atom stereocenters. The average Bonchev–Trinajstić information content (AvgIpc) is 3.27. The lowest BCUT2D eigenvalue weighted by molar-refractivity contribution is 1.52. The third kappa shape index (κ3) is 2.99. The minimum Gasteiger partial charge on any atom is -0.135 e. The van der Waals surface area contributed by atoms with Gasteiger partial charge in [0.25, 0.3) is 0 Å². The lowest BCUT2D eigenvalue weighted by Crippen LogP contribution is -1.69. The van der Waals surface area contributed by atoms with Crippen molar-refractivity contribution in [2.45, 2.75) is 13.8 Å². The van der Waals surface area contributed by atoms with E-state index in [2.05, 4.69) is 98.8 Å². The van der Waals surface area contributed by atoms with Crippen molar-refractivity contribution in [3.05, 3.63) is 96.1 Å². The summed E-state index contributed by atoms with van der Waals surface area (Å²) in [6, 6.07) is 30.4. The molecule has 0 spiro atoms. The fourth-order valence-electron chi connectivity index (χ4n) is 3.72. The van der Waals surface area contributed by atoms with Crippen LogP contribution in [0.3, 0.4) is 0 Å². The van der Waals surface area contributed by atoms with E-state index in [1.54, 1.807) is 0 Å². The number of thiophene rings is 2. The Morgan fingerprint density at radius 2 is 1.11 bits per heavy atom. The number of hydrogen-bond acceptors (Lipinski definition) is 2. The second-order valence-electron chi connectivity index (χ2n) is 7.15. The molecule has 4 aromatic carbocycles. The van der Waals surface area contributed by atoms with E-state index in [1.165, 1.54) is 51.5 Å². The summed E-state index contributed by atoms with van der Waals surface area (Å²) in [7, 11) is 0. The fraction of sp³-hybridized carbons (Fsp3) is 0.0769. The summed E-state index contributed by atoms with van der Waals surface area (Å²) in [6.45, 7) is 4.32. The predicted molar refractivity (Wildman–Crippen MR) is 128 cm³/mol. The van der Waals surface area contributed by atoms with Crippen LogP contribution in [-0.2, 0) is 0 Å². The highest BCUT2D eigenvalue weighted by Gasteiger charge is 2.05. The molecule has 0 aliphatic rings. The van der Waals surface area contributed by atoms with Gasteiger partial charge < -0.3 is 0 Å². The third-order valence-electron chi connectivity index (χ3n) is 5.14. The molecule has 0 N–H and O–H groups in total. The van der Waals surface area contributed by atoms with E-state index in [1.807, 2.05) is 22.7 Å². The molecule has 0 nitrogen and oxygen atoms in total. The lowest BCUT2D eigenvalue weighted by Gasteiger charge is -1.93. The zero-order chi connectivity index (χ0) is 19.1. The van der Waals surface area contributed by atoms with E-state index in [9.17, 15) is 0 Å². The Morgan fingerprint density at radius 3 is 1.89 bits per heavy atom. The summed E-state index contributed by atoms with van der Waals surface area (Å²) < 4.78 is 5.59. The van der Waals surface area contributed by atoms with E-state index >= 15 is 0 Å². The molecule has 2 aromatic heterocycles. The number of rotatable bonds is 0. The van der Waals surface area contributed by atoms with Gasteiger partial charge in [0.15, 0.2) is 0 Å². The highest BCUT2D eigenvalue weighted by Crippen LogP contribution is 2.35. The zero-order valence-corrected chi connectivity index (χ0v) is 17.5. The SMILES string of the molecule is Cc1ccc2c(c1)sc1ccccc12.Cc1cccc2c1sc1ccccc12. The first-order valence-electron chi connectivity index (χ1n) is 9.45. The van der Waals surface area contributed by atoms with Gasteiger partial charge in [-0.15, -0.1) is 22.7 Å². The first-order valence-corrected chi connectivity index (χ1v) is 11.1. The molecular formula is C26H20S2. The molecule has 0 bridgehead atoms. The van der Waals surface area contributed by atoms with Gasteiger partial charge >= 0.3 is 0 Å². The molecule has 0 aliphatic carbocycles. The summed E-state index contributed by atoms with van der Waals surface area (Å²) >= 11 is 3.76. The van der Waals surface area contributed by atoms with Crippen molar-refractivity contribution >= 4 is 63.0 Å². The maximum Gasteiger partial charge on any atom is 0.0384 e. The van der Waals surface area contributed by atoms with Gasteiger partial charge in [-0.05, 0) is 43.2 Å².